The number of methoxy groups -OCH3 is 1. The number of carbonyl (C=O) groups is 1. The van der Waals surface area contributed by atoms with Crippen LogP contribution < -0.4 is 4.74 Å². The van der Waals surface area contributed by atoms with Gasteiger partial charge in [0.25, 0.3) is 0 Å². The first-order valence-corrected chi connectivity index (χ1v) is 5.90. The summed E-state index contributed by atoms with van der Waals surface area (Å²) in [7, 11) is 1.59. The third-order valence-corrected chi connectivity index (χ3v) is 3.15. The van der Waals surface area contributed by atoms with Crippen molar-refractivity contribution in [3.63, 3.8) is 0 Å². The van der Waals surface area contributed by atoms with E-state index in [1.54, 1.807) is 19.2 Å². The van der Waals surface area contributed by atoms with Crippen molar-refractivity contribution in [1.82, 2.24) is 4.90 Å². The maximum Gasteiger partial charge on any atom is 0.225 e. The van der Waals surface area contributed by atoms with Gasteiger partial charge in [-0.3, -0.25) is 4.79 Å². The molecule has 0 unspecified atom stereocenters. The molecule has 0 aliphatic carbocycles. The fourth-order valence-corrected chi connectivity index (χ4v) is 2.03. The zero-order valence-electron chi connectivity index (χ0n) is 10.2. The number of hydrogen-bond donors (Lipinski definition) is 2. The Morgan fingerprint density at radius 3 is 2.61 bits per heavy atom. The van der Waals surface area contributed by atoms with Gasteiger partial charge in [-0.25, -0.2) is 0 Å². The van der Waals surface area contributed by atoms with Gasteiger partial charge in [-0.05, 0) is 24.1 Å². The first kappa shape index (κ1) is 12.9. The highest BCUT2D eigenvalue weighted by Gasteiger charge is 2.32. The summed E-state index contributed by atoms with van der Waals surface area (Å²) in [6.45, 7) is 0.293. The van der Waals surface area contributed by atoms with Crippen molar-refractivity contribution in [2.45, 2.75) is 31.7 Å². The van der Waals surface area contributed by atoms with Gasteiger partial charge in [0.1, 0.15) is 5.75 Å². The van der Waals surface area contributed by atoms with E-state index in [0.717, 1.165) is 11.3 Å². The summed E-state index contributed by atoms with van der Waals surface area (Å²) in [5, 5.41) is 19.4. The number of nitrogens with zero attached hydrogens (tertiary/aromatic N) is 1. The molecule has 0 aromatic heterocycles. The molecule has 1 amide bonds. The molecule has 2 N–H and O–H groups in total. The average Bonchev–Trinajstić information content (AvgIpc) is 2.40. The van der Waals surface area contributed by atoms with Crippen LogP contribution in [0.3, 0.4) is 0 Å². The first-order valence-electron chi connectivity index (χ1n) is 5.90. The fourth-order valence-electron chi connectivity index (χ4n) is 2.03. The Morgan fingerprint density at radius 1 is 1.33 bits per heavy atom. The largest absolute Gasteiger partial charge is 0.497 e. The molecule has 1 saturated heterocycles. The lowest BCUT2D eigenvalue weighted by atomic mass is 10.0. The molecule has 5 heteroatoms. The number of aliphatic hydroxyl groups is 2. The number of carbonyl (C=O) groups excluding carboxylic acids is 1. The molecule has 1 aromatic carbocycles. The molecular weight excluding hydrogens is 234 g/mol. The number of rotatable bonds is 3. The van der Waals surface area contributed by atoms with Crippen molar-refractivity contribution in [1.29, 1.82) is 0 Å². The lowest BCUT2D eigenvalue weighted by Crippen LogP contribution is -2.50. The quantitative estimate of drug-likeness (QED) is 0.820. The maximum absolute atomic E-state index is 11.7. The molecule has 1 aliphatic heterocycles. The monoisotopic (exact) mass is 251 g/mol. The lowest BCUT2D eigenvalue weighted by Gasteiger charge is -2.35. The zero-order valence-corrected chi connectivity index (χ0v) is 10.2. The van der Waals surface area contributed by atoms with E-state index in [-0.39, 0.29) is 12.3 Å². The van der Waals surface area contributed by atoms with Gasteiger partial charge in [0, 0.05) is 13.0 Å². The first-order chi connectivity index (χ1) is 8.61. The van der Waals surface area contributed by atoms with E-state index < -0.39 is 12.3 Å². The number of piperidine rings is 1. The standard InChI is InChI=1S/C13H17NO4/c1-18-10-4-2-9(3-5-10)8-14-12(16)7-6-11(15)13(14)17/h2-5,11,13,15,17H,6-8H2,1H3/t11-,13+/m0/s1. The molecule has 5 nitrogen and oxygen atoms in total. The Morgan fingerprint density at radius 2 is 2.00 bits per heavy atom. The second kappa shape index (κ2) is 5.37. The van der Waals surface area contributed by atoms with Crippen molar-refractivity contribution in [2.24, 2.45) is 0 Å². The molecular formula is C13H17NO4. The van der Waals surface area contributed by atoms with Crippen LogP contribution in [-0.2, 0) is 11.3 Å². The Kier molecular flexibility index (Phi) is 3.84. The van der Waals surface area contributed by atoms with E-state index in [4.69, 9.17) is 4.74 Å². The molecule has 2 rings (SSSR count). The highest BCUT2D eigenvalue weighted by molar-refractivity contribution is 5.77. The molecule has 1 fully saturated rings. The number of aliphatic hydroxyl groups excluding tert-OH is 2. The number of benzene rings is 1. The van der Waals surface area contributed by atoms with Crippen LogP contribution in [0.1, 0.15) is 18.4 Å². The topological polar surface area (TPSA) is 70.0 Å². The Labute approximate surface area is 106 Å². The van der Waals surface area contributed by atoms with Crippen LogP contribution in [0.15, 0.2) is 24.3 Å². The van der Waals surface area contributed by atoms with Crippen LogP contribution in [0.5, 0.6) is 5.75 Å². The Hall–Kier alpha value is -1.59. The minimum Gasteiger partial charge on any atom is -0.497 e. The van der Waals surface area contributed by atoms with Crippen molar-refractivity contribution >= 4 is 5.91 Å². The van der Waals surface area contributed by atoms with Gasteiger partial charge in [-0.15, -0.1) is 0 Å². The van der Waals surface area contributed by atoms with Crippen LogP contribution in [-0.4, -0.2) is 40.5 Å². The minimum absolute atomic E-state index is 0.136. The molecule has 1 aliphatic rings. The van der Waals surface area contributed by atoms with Crippen LogP contribution in [0, 0.1) is 0 Å². The zero-order chi connectivity index (χ0) is 13.1. The summed E-state index contributed by atoms with van der Waals surface area (Å²) in [6.07, 6.45) is -1.39. The Bertz CT molecular complexity index is 418. The van der Waals surface area contributed by atoms with Gasteiger partial charge >= 0.3 is 0 Å². The van der Waals surface area contributed by atoms with Gasteiger partial charge in [-0.1, -0.05) is 12.1 Å². The summed E-state index contributed by atoms with van der Waals surface area (Å²) < 4.78 is 5.05. The maximum atomic E-state index is 11.7. The highest BCUT2D eigenvalue weighted by Crippen LogP contribution is 2.20. The predicted molar refractivity (Wildman–Crippen MR) is 64.8 cm³/mol. The molecule has 18 heavy (non-hydrogen) atoms. The number of hydrogen-bond acceptors (Lipinski definition) is 4. The molecule has 0 saturated carbocycles. The van der Waals surface area contributed by atoms with Crippen molar-refractivity contribution in [3.05, 3.63) is 29.8 Å². The second-order valence-corrected chi connectivity index (χ2v) is 4.39. The Balaban J connectivity index is 2.08. The molecule has 1 heterocycles. The van der Waals surface area contributed by atoms with Gasteiger partial charge in [0.05, 0.1) is 13.2 Å². The summed E-state index contributed by atoms with van der Waals surface area (Å²) in [6, 6.07) is 7.26. The smallest absolute Gasteiger partial charge is 0.225 e. The molecule has 98 valence electrons. The number of ether oxygens (including phenoxy) is 1. The van der Waals surface area contributed by atoms with Crippen molar-refractivity contribution < 1.29 is 19.7 Å². The van der Waals surface area contributed by atoms with E-state index in [1.807, 2.05) is 12.1 Å². The molecule has 0 bridgehead atoms. The van der Waals surface area contributed by atoms with E-state index in [9.17, 15) is 15.0 Å². The second-order valence-electron chi connectivity index (χ2n) is 4.39. The van der Waals surface area contributed by atoms with Gasteiger partial charge in [-0.2, -0.15) is 0 Å². The van der Waals surface area contributed by atoms with Crippen LogP contribution >= 0.6 is 0 Å². The van der Waals surface area contributed by atoms with E-state index in [1.165, 1.54) is 4.90 Å². The van der Waals surface area contributed by atoms with Gasteiger partial charge in [0.2, 0.25) is 5.91 Å². The van der Waals surface area contributed by atoms with Gasteiger partial charge in [0.15, 0.2) is 6.23 Å². The summed E-state index contributed by atoms with van der Waals surface area (Å²) >= 11 is 0. The third kappa shape index (κ3) is 2.63. The summed E-state index contributed by atoms with van der Waals surface area (Å²) in [5.41, 5.74) is 0.886. The highest BCUT2D eigenvalue weighted by atomic mass is 16.5. The van der Waals surface area contributed by atoms with Crippen molar-refractivity contribution in [2.75, 3.05) is 7.11 Å². The van der Waals surface area contributed by atoms with Gasteiger partial charge < -0.3 is 19.8 Å². The number of likely N-dealkylation sites (tertiary alicyclic amines) is 1. The third-order valence-electron chi connectivity index (χ3n) is 3.15. The van der Waals surface area contributed by atoms with Crippen LogP contribution in [0.2, 0.25) is 0 Å². The van der Waals surface area contributed by atoms with Crippen LogP contribution in [0.4, 0.5) is 0 Å². The lowest BCUT2D eigenvalue weighted by molar-refractivity contribution is -0.162. The average molecular weight is 251 g/mol. The normalized spacial score (nSPS) is 24.2. The van der Waals surface area contributed by atoms with E-state index in [2.05, 4.69) is 0 Å². The SMILES string of the molecule is COc1ccc(CN2C(=O)CC[C@H](O)[C@H]2O)cc1. The number of amides is 1. The summed E-state index contributed by atoms with van der Waals surface area (Å²) in [4.78, 5) is 13.0. The van der Waals surface area contributed by atoms with Crippen molar-refractivity contribution in [3.8, 4) is 5.75 Å². The molecule has 0 spiro atoms. The van der Waals surface area contributed by atoms with Crippen LogP contribution in [0.25, 0.3) is 0 Å². The van der Waals surface area contributed by atoms with E-state index >= 15 is 0 Å². The minimum atomic E-state index is -1.12. The fraction of sp³-hybridized carbons (Fsp3) is 0.462. The predicted octanol–water partition coefficient (Wildman–Crippen LogP) is 0.497. The summed E-state index contributed by atoms with van der Waals surface area (Å²) in [5.74, 6) is 0.605. The van der Waals surface area contributed by atoms with E-state index in [0.29, 0.717) is 13.0 Å². The molecule has 2 atom stereocenters. The molecule has 0 radical (unpaired) electrons. The molecule has 1 aromatic rings.